The van der Waals surface area contributed by atoms with E-state index in [0.29, 0.717) is 12.2 Å². The van der Waals surface area contributed by atoms with Crippen LogP contribution in [0.15, 0.2) is 12.3 Å². The van der Waals surface area contributed by atoms with Crippen LogP contribution in [0.5, 0.6) is 0 Å². The van der Waals surface area contributed by atoms with Gasteiger partial charge >= 0.3 is 5.97 Å². The summed E-state index contributed by atoms with van der Waals surface area (Å²) in [6, 6.07) is 0.556. The Hall–Kier alpha value is -2.38. The maximum Gasteiger partial charge on any atom is 0.305 e. The highest BCUT2D eigenvalue weighted by Gasteiger charge is 2.35. The molecule has 19 heavy (non-hydrogen) atoms. The number of carboxylic acids is 1. The lowest BCUT2D eigenvalue weighted by molar-refractivity contribution is -0.142. The topological polar surface area (TPSA) is 105 Å². The number of nitrogens with zero attached hydrogens (tertiary/aromatic N) is 3. The van der Waals surface area contributed by atoms with Gasteiger partial charge in [-0.1, -0.05) is 0 Å². The van der Waals surface area contributed by atoms with Crippen LogP contribution in [0.25, 0.3) is 0 Å². The van der Waals surface area contributed by atoms with Gasteiger partial charge in [-0.15, -0.1) is 0 Å². The van der Waals surface area contributed by atoms with Crippen LogP contribution >= 0.6 is 0 Å². The lowest BCUT2D eigenvalue weighted by atomic mass is 10.1. The number of piperazine rings is 1. The molecule has 0 aliphatic carbocycles. The lowest BCUT2D eigenvalue weighted by Crippen LogP contribution is -2.58. The average molecular weight is 266 g/mol. The molecule has 1 unspecified atom stereocenters. The minimum atomic E-state index is -1.12. The van der Waals surface area contributed by atoms with Crippen molar-refractivity contribution in [1.82, 2.24) is 20.0 Å². The van der Waals surface area contributed by atoms with E-state index in [-0.39, 0.29) is 12.5 Å². The van der Waals surface area contributed by atoms with E-state index in [1.807, 2.05) is 0 Å². The maximum absolute atomic E-state index is 12.3. The third-order valence-corrected chi connectivity index (χ3v) is 3.00. The van der Waals surface area contributed by atoms with Gasteiger partial charge in [-0.25, -0.2) is 0 Å². The van der Waals surface area contributed by atoms with E-state index in [4.69, 9.17) is 5.11 Å². The number of carbonyl (C=O) groups is 3. The zero-order valence-electron chi connectivity index (χ0n) is 10.4. The molecule has 1 atom stereocenters. The van der Waals surface area contributed by atoms with Crippen molar-refractivity contribution in [3.05, 3.63) is 18.0 Å². The fourth-order valence-electron chi connectivity index (χ4n) is 2.06. The van der Waals surface area contributed by atoms with Crippen molar-refractivity contribution in [1.29, 1.82) is 0 Å². The second kappa shape index (κ2) is 5.09. The second-order valence-corrected chi connectivity index (χ2v) is 4.24. The van der Waals surface area contributed by atoms with Crippen LogP contribution in [-0.4, -0.2) is 56.7 Å². The van der Waals surface area contributed by atoms with Crippen LogP contribution in [0.3, 0.4) is 0 Å². The minimum Gasteiger partial charge on any atom is -0.481 e. The Kier molecular flexibility index (Phi) is 3.50. The molecule has 0 saturated carbocycles. The van der Waals surface area contributed by atoms with Gasteiger partial charge in [0.05, 0.1) is 6.42 Å². The van der Waals surface area contributed by atoms with Crippen molar-refractivity contribution in [2.24, 2.45) is 7.05 Å². The van der Waals surface area contributed by atoms with E-state index < -0.39 is 24.3 Å². The molecule has 2 amide bonds. The molecule has 8 heteroatoms. The highest BCUT2D eigenvalue weighted by atomic mass is 16.4. The number of hydrogen-bond acceptors (Lipinski definition) is 4. The standard InChI is InChI=1S/C11H14N4O4/c1-14-7(2-3-13-14)11(19)15-5-4-12-10(18)8(15)6-9(16)17/h2-3,8H,4-6H2,1H3,(H,12,18)(H,16,17). The van der Waals surface area contributed by atoms with Crippen molar-refractivity contribution >= 4 is 17.8 Å². The summed E-state index contributed by atoms with van der Waals surface area (Å²) in [5.74, 6) is -1.95. The van der Waals surface area contributed by atoms with Gasteiger partial charge in [0.2, 0.25) is 5.91 Å². The largest absolute Gasteiger partial charge is 0.481 e. The average Bonchev–Trinajstić information content (AvgIpc) is 2.77. The molecule has 1 aromatic rings. The molecule has 1 aliphatic rings. The van der Waals surface area contributed by atoms with Gasteiger partial charge in [0.25, 0.3) is 5.91 Å². The third-order valence-electron chi connectivity index (χ3n) is 3.00. The van der Waals surface area contributed by atoms with Gasteiger partial charge in [-0.05, 0) is 6.07 Å². The molecule has 0 aromatic carbocycles. The fraction of sp³-hybridized carbons (Fsp3) is 0.455. The summed E-state index contributed by atoms with van der Waals surface area (Å²) in [5.41, 5.74) is 0.324. The quantitative estimate of drug-likeness (QED) is 0.717. The van der Waals surface area contributed by atoms with Crippen molar-refractivity contribution < 1.29 is 19.5 Å². The summed E-state index contributed by atoms with van der Waals surface area (Å²) < 4.78 is 1.40. The highest BCUT2D eigenvalue weighted by molar-refractivity contribution is 5.98. The van der Waals surface area contributed by atoms with Gasteiger partial charge in [0.15, 0.2) is 0 Å². The third kappa shape index (κ3) is 2.56. The zero-order valence-corrected chi connectivity index (χ0v) is 10.4. The van der Waals surface area contributed by atoms with Gasteiger partial charge in [0.1, 0.15) is 11.7 Å². The fourth-order valence-corrected chi connectivity index (χ4v) is 2.06. The number of hydrogen-bond donors (Lipinski definition) is 2. The van der Waals surface area contributed by atoms with E-state index >= 15 is 0 Å². The molecular weight excluding hydrogens is 252 g/mol. The number of carbonyl (C=O) groups excluding carboxylic acids is 2. The van der Waals surface area contributed by atoms with E-state index in [0.717, 1.165) is 0 Å². The molecule has 1 fully saturated rings. The predicted octanol–water partition coefficient (Wildman–Crippen LogP) is -1.16. The first-order valence-corrected chi connectivity index (χ1v) is 5.79. The number of amides is 2. The Morgan fingerprint density at radius 1 is 1.58 bits per heavy atom. The minimum absolute atomic E-state index is 0.285. The van der Waals surface area contributed by atoms with Crippen molar-refractivity contribution in [2.45, 2.75) is 12.5 Å². The Labute approximate surface area is 109 Å². The van der Waals surface area contributed by atoms with Gasteiger partial charge < -0.3 is 15.3 Å². The number of nitrogens with one attached hydrogen (secondary N) is 1. The molecular formula is C11H14N4O4. The van der Waals surface area contributed by atoms with Crippen LogP contribution in [0.1, 0.15) is 16.9 Å². The van der Waals surface area contributed by atoms with Crippen molar-refractivity contribution in [2.75, 3.05) is 13.1 Å². The number of carboxylic acid groups (broad SMARTS) is 1. The summed E-state index contributed by atoms with van der Waals surface area (Å²) >= 11 is 0. The van der Waals surface area contributed by atoms with Gasteiger partial charge in [-0.2, -0.15) is 5.10 Å². The van der Waals surface area contributed by atoms with Crippen LogP contribution in [0.4, 0.5) is 0 Å². The SMILES string of the molecule is Cn1nccc1C(=O)N1CCNC(=O)C1CC(=O)O. The molecule has 2 heterocycles. The summed E-state index contributed by atoms with van der Waals surface area (Å²) in [7, 11) is 1.61. The monoisotopic (exact) mass is 266 g/mol. The van der Waals surface area contributed by atoms with Crippen LogP contribution < -0.4 is 5.32 Å². The molecule has 2 rings (SSSR count). The number of rotatable bonds is 3. The van der Waals surface area contributed by atoms with E-state index in [9.17, 15) is 14.4 Å². The van der Waals surface area contributed by atoms with E-state index in [1.54, 1.807) is 7.05 Å². The van der Waals surface area contributed by atoms with Crippen molar-refractivity contribution in [3.63, 3.8) is 0 Å². The first kappa shape index (κ1) is 13.1. The molecule has 0 spiro atoms. The molecule has 102 valence electrons. The van der Waals surface area contributed by atoms with E-state index in [2.05, 4.69) is 10.4 Å². The van der Waals surface area contributed by atoms with Crippen molar-refractivity contribution in [3.8, 4) is 0 Å². The van der Waals surface area contributed by atoms with Crippen LogP contribution in [-0.2, 0) is 16.6 Å². The maximum atomic E-state index is 12.3. The molecule has 0 bridgehead atoms. The van der Waals surface area contributed by atoms with Crippen LogP contribution in [0, 0.1) is 0 Å². The van der Waals surface area contributed by atoms with E-state index in [1.165, 1.54) is 21.8 Å². The molecule has 1 aliphatic heterocycles. The molecule has 1 saturated heterocycles. The van der Waals surface area contributed by atoms with Gasteiger partial charge in [-0.3, -0.25) is 19.1 Å². The number of aryl methyl sites for hydroxylation is 1. The Morgan fingerprint density at radius 2 is 2.32 bits per heavy atom. The zero-order chi connectivity index (χ0) is 14.0. The summed E-state index contributed by atoms with van der Waals surface area (Å²) in [4.78, 5) is 36.1. The smallest absolute Gasteiger partial charge is 0.305 e. The Bertz CT molecular complexity index is 525. The predicted molar refractivity (Wildman–Crippen MR) is 63.3 cm³/mol. The van der Waals surface area contributed by atoms with Crippen LogP contribution in [0.2, 0.25) is 0 Å². The first-order valence-electron chi connectivity index (χ1n) is 5.79. The normalized spacial score (nSPS) is 19.1. The Balaban J connectivity index is 2.25. The number of aliphatic carboxylic acids is 1. The number of aromatic nitrogens is 2. The second-order valence-electron chi connectivity index (χ2n) is 4.24. The Morgan fingerprint density at radius 3 is 2.89 bits per heavy atom. The summed E-state index contributed by atoms with van der Waals surface area (Å²) in [6.07, 6.45) is 1.07. The summed E-state index contributed by atoms with van der Waals surface area (Å²) in [5, 5.41) is 15.3. The highest BCUT2D eigenvalue weighted by Crippen LogP contribution is 2.13. The molecule has 2 N–H and O–H groups in total. The summed E-state index contributed by atoms with van der Waals surface area (Å²) in [6.45, 7) is 0.603. The lowest BCUT2D eigenvalue weighted by Gasteiger charge is -2.34. The first-order chi connectivity index (χ1) is 9.00. The molecule has 0 radical (unpaired) electrons. The van der Waals surface area contributed by atoms with Gasteiger partial charge in [0, 0.05) is 26.3 Å². The molecule has 1 aromatic heterocycles. The molecule has 8 nitrogen and oxygen atoms in total.